The van der Waals surface area contributed by atoms with Gasteiger partial charge in [0.2, 0.25) is 0 Å². The van der Waals surface area contributed by atoms with Crippen molar-refractivity contribution in [3.63, 3.8) is 0 Å². The van der Waals surface area contributed by atoms with Crippen molar-refractivity contribution in [2.45, 2.75) is 6.92 Å². The second kappa shape index (κ2) is 4.61. The molecular weight excluding hydrogens is 204 g/mol. The Morgan fingerprint density at radius 3 is 2.75 bits per heavy atom. The SMILES string of the molecule is Cc1cc(NCC(=O)c2ccccc2)no1. The van der Waals surface area contributed by atoms with E-state index in [-0.39, 0.29) is 12.3 Å². The topological polar surface area (TPSA) is 55.1 Å². The Bertz CT molecular complexity index is 477. The minimum absolute atomic E-state index is 0.0289. The summed E-state index contributed by atoms with van der Waals surface area (Å²) in [6.07, 6.45) is 0. The van der Waals surface area contributed by atoms with Crippen LogP contribution in [-0.2, 0) is 0 Å². The Balaban J connectivity index is 1.94. The van der Waals surface area contributed by atoms with E-state index in [1.54, 1.807) is 25.1 Å². The van der Waals surface area contributed by atoms with Crippen LogP contribution in [0.1, 0.15) is 16.1 Å². The van der Waals surface area contributed by atoms with Crippen LogP contribution in [0.3, 0.4) is 0 Å². The fourth-order valence-electron chi connectivity index (χ4n) is 1.35. The van der Waals surface area contributed by atoms with E-state index >= 15 is 0 Å². The molecule has 0 radical (unpaired) electrons. The van der Waals surface area contributed by atoms with E-state index in [0.29, 0.717) is 11.4 Å². The van der Waals surface area contributed by atoms with Crippen LogP contribution in [0.25, 0.3) is 0 Å². The maximum atomic E-state index is 11.7. The molecule has 1 aromatic heterocycles. The molecule has 1 aromatic carbocycles. The number of aromatic nitrogens is 1. The zero-order valence-electron chi connectivity index (χ0n) is 8.93. The van der Waals surface area contributed by atoms with Gasteiger partial charge in [-0.1, -0.05) is 35.5 Å². The monoisotopic (exact) mass is 216 g/mol. The lowest BCUT2D eigenvalue weighted by atomic mass is 10.1. The summed E-state index contributed by atoms with van der Waals surface area (Å²) in [6, 6.07) is 10.9. The number of hydrogen-bond donors (Lipinski definition) is 1. The molecule has 0 aliphatic rings. The second-order valence-electron chi connectivity index (χ2n) is 3.47. The lowest BCUT2D eigenvalue weighted by molar-refractivity contribution is 0.101. The highest BCUT2D eigenvalue weighted by atomic mass is 16.5. The van der Waals surface area contributed by atoms with Crippen LogP contribution in [0.2, 0.25) is 0 Å². The second-order valence-corrected chi connectivity index (χ2v) is 3.47. The predicted octanol–water partition coefficient (Wildman–Crippen LogP) is 2.28. The summed E-state index contributed by atoms with van der Waals surface area (Å²) in [6.45, 7) is 2.02. The van der Waals surface area contributed by atoms with Crippen molar-refractivity contribution < 1.29 is 9.32 Å². The van der Waals surface area contributed by atoms with Crippen LogP contribution in [0.15, 0.2) is 40.9 Å². The molecule has 4 nitrogen and oxygen atoms in total. The fraction of sp³-hybridized carbons (Fsp3) is 0.167. The minimum atomic E-state index is 0.0289. The van der Waals surface area contributed by atoms with Gasteiger partial charge in [-0.05, 0) is 6.92 Å². The Labute approximate surface area is 93.3 Å². The number of aryl methyl sites for hydroxylation is 1. The van der Waals surface area contributed by atoms with E-state index in [9.17, 15) is 4.79 Å². The van der Waals surface area contributed by atoms with Gasteiger partial charge in [0.05, 0.1) is 6.54 Å². The molecule has 0 aliphatic heterocycles. The third-order valence-corrected chi connectivity index (χ3v) is 2.15. The number of anilines is 1. The van der Waals surface area contributed by atoms with Gasteiger partial charge < -0.3 is 9.84 Å². The van der Waals surface area contributed by atoms with Crippen molar-refractivity contribution >= 4 is 11.6 Å². The molecule has 1 N–H and O–H groups in total. The lowest BCUT2D eigenvalue weighted by Crippen LogP contribution is -2.13. The third-order valence-electron chi connectivity index (χ3n) is 2.15. The number of Topliss-reactive ketones (excluding diaryl/α,β-unsaturated/α-hetero) is 1. The van der Waals surface area contributed by atoms with Crippen LogP contribution in [0.4, 0.5) is 5.82 Å². The zero-order valence-corrected chi connectivity index (χ0v) is 8.93. The van der Waals surface area contributed by atoms with E-state index < -0.39 is 0 Å². The van der Waals surface area contributed by atoms with Gasteiger partial charge in [-0.15, -0.1) is 0 Å². The summed E-state index contributed by atoms with van der Waals surface area (Å²) >= 11 is 0. The average molecular weight is 216 g/mol. The molecule has 0 aliphatic carbocycles. The lowest BCUT2D eigenvalue weighted by Gasteiger charge is -2.01. The summed E-state index contributed by atoms with van der Waals surface area (Å²) in [5, 5.41) is 6.65. The minimum Gasteiger partial charge on any atom is -0.360 e. The maximum absolute atomic E-state index is 11.7. The average Bonchev–Trinajstić information content (AvgIpc) is 2.73. The van der Waals surface area contributed by atoms with Crippen LogP contribution < -0.4 is 5.32 Å². The van der Waals surface area contributed by atoms with Crippen LogP contribution >= 0.6 is 0 Å². The van der Waals surface area contributed by atoms with Crippen LogP contribution in [-0.4, -0.2) is 17.5 Å². The van der Waals surface area contributed by atoms with Crippen molar-refractivity contribution in [1.29, 1.82) is 0 Å². The van der Waals surface area contributed by atoms with Crippen molar-refractivity contribution in [2.24, 2.45) is 0 Å². The summed E-state index contributed by atoms with van der Waals surface area (Å²) in [4.78, 5) is 11.7. The van der Waals surface area contributed by atoms with E-state index in [1.165, 1.54) is 0 Å². The maximum Gasteiger partial charge on any atom is 0.181 e. The highest BCUT2D eigenvalue weighted by Gasteiger charge is 2.06. The number of rotatable bonds is 4. The van der Waals surface area contributed by atoms with Crippen molar-refractivity contribution in [3.8, 4) is 0 Å². The van der Waals surface area contributed by atoms with Gasteiger partial charge in [0.1, 0.15) is 5.76 Å². The largest absolute Gasteiger partial charge is 0.360 e. The normalized spacial score (nSPS) is 10.1. The number of carbonyl (C=O) groups excluding carboxylic acids is 1. The van der Waals surface area contributed by atoms with Crippen molar-refractivity contribution in [3.05, 3.63) is 47.7 Å². The Hall–Kier alpha value is -2.10. The molecule has 0 fully saturated rings. The third kappa shape index (κ3) is 2.48. The van der Waals surface area contributed by atoms with Gasteiger partial charge in [-0.2, -0.15) is 0 Å². The molecular formula is C12H12N2O2. The Morgan fingerprint density at radius 2 is 2.12 bits per heavy atom. The first-order chi connectivity index (χ1) is 7.75. The van der Waals surface area contributed by atoms with Crippen LogP contribution in [0, 0.1) is 6.92 Å². The predicted molar refractivity (Wildman–Crippen MR) is 60.5 cm³/mol. The fourth-order valence-corrected chi connectivity index (χ4v) is 1.35. The van der Waals surface area contributed by atoms with Gasteiger partial charge in [-0.25, -0.2) is 0 Å². The van der Waals surface area contributed by atoms with Gasteiger partial charge >= 0.3 is 0 Å². The van der Waals surface area contributed by atoms with Crippen LogP contribution in [0.5, 0.6) is 0 Å². The standard InChI is InChI=1S/C12H12N2O2/c1-9-7-12(14-16-9)13-8-11(15)10-5-3-2-4-6-10/h2-7H,8H2,1H3,(H,13,14). The molecule has 0 saturated carbocycles. The molecule has 2 aromatic rings. The molecule has 1 heterocycles. The van der Waals surface area contributed by atoms with E-state index in [1.807, 2.05) is 18.2 Å². The van der Waals surface area contributed by atoms with Crippen molar-refractivity contribution in [2.75, 3.05) is 11.9 Å². The molecule has 82 valence electrons. The summed E-state index contributed by atoms with van der Waals surface area (Å²) in [7, 11) is 0. The summed E-state index contributed by atoms with van der Waals surface area (Å²) < 4.78 is 4.88. The van der Waals surface area contributed by atoms with Gasteiger partial charge in [0.15, 0.2) is 11.6 Å². The van der Waals surface area contributed by atoms with E-state index in [0.717, 1.165) is 5.76 Å². The Morgan fingerprint density at radius 1 is 1.38 bits per heavy atom. The number of nitrogens with zero attached hydrogens (tertiary/aromatic N) is 1. The number of nitrogens with one attached hydrogen (secondary N) is 1. The molecule has 0 amide bonds. The molecule has 16 heavy (non-hydrogen) atoms. The quantitative estimate of drug-likeness (QED) is 0.796. The first kappa shape index (κ1) is 10.4. The molecule has 0 unspecified atom stereocenters. The zero-order chi connectivity index (χ0) is 11.4. The molecule has 2 rings (SSSR count). The highest BCUT2D eigenvalue weighted by Crippen LogP contribution is 2.07. The number of ketones is 1. The first-order valence-corrected chi connectivity index (χ1v) is 5.01. The molecule has 0 atom stereocenters. The molecule has 0 saturated heterocycles. The Kier molecular flexibility index (Phi) is 3.00. The van der Waals surface area contributed by atoms with Gasteiger partial charge in [0, 0.05) is 11.6 Å². The summed E-state index contributed by atoms with van der Waals surface area (Å²) in [5.41, 5.74) is 0.690. The summed E-state index contributed by atoms with van der Waals surface area (Å²) in [5.74, 6) is 1.33. The van der Waals surface area contributed by atoms with E-state index in [2.05, 4.69) is 10.5 Å². The molecule has 0 bridgehead atoms. The van der Waals surface area contributed by atoms with Crippen molar-refractivity contribution in [1.82, 2.24) is 5.16 Å². The molecule has 0 spiro atoms. The van der Waals surface area contributed by atoms with Gasteiger partial charge in [0.25, 0.3) is 0 Å². The number of benzene rings is 1. The smallest absolute Gasteiger partial charge is 0.181 e. The number of hydrogen-bond acceptors (Lipinski definition) is 4. The van der Waals surface area contributed by atoms with Gasteiger partial charge in [-0.3, -0.25) is 4.79 Å². The first-order valence-electron chi connectivity index (χ1n) is 5.01. The molecule has 4 heteroatoms. The van der Waals surface area contributed by atoms with E-state index in [4.69, 9.17) is 4.52 Å². The highest BCUT2D eigenvalue weighted by molar-refractivity contribution is 5.98. The number of carbonyl (C=O) groups is 1.